The van der Waals surface area contributed by atoms with Gasteiger partial charge in [-0.05, 0) is 42.5 Å². The first-order chi connectivity index (χ1) is 13.7. The van der Waals surface area contributed by atoms with E-state index in [4.69, 9.17) is 4.74 Å². The van der Waals surface area contributed by atoms with E-state index in [9.17, 15) is 22.4 Å². The zero-order valence-electron chi connectivity index (χ0n) is 15.2. The molecule has 0 unspecified atom stereocenters. The lowest BCUT2D eigenvalue weighted by molar-refractivity contribution is -0.119. The fraction of sp³-hybridized carbons (Fsp3) is 0.222. The third-order valence-corrected chi connectivity index (χ3v) is 6.00. The molecule has 2 aromatic rings. The van der Waals surface area contributed by atoms with Gasteiger partial charge >= 0.3 is 6.09 Å². The molecule has 0 bridgehead atoms. The molecule has 3 rings (SSSR count). The lowest BCUT2D eigenvalue weighted by Gasteiger charge is -2.15. The van der Waals surface area contributed by atoms with E-state index in [0.717, 1.165) is 6.07 Å². The number of amides is 2. The number of benzene rings is 2. The Kier molecular flexibility index (Phi) is 6.08. The number of rotatable bonds is 6. The molecule has 2 amide bonds. The van der Waals surface area contributed by atoms with Crippen molar-refractivity contribution in [2.45, 2.75) is 17.9 Å². The number of hydrogen-bond acceptors (Lipinski definition) is 5. The molecule has 0 spiro atoms. The summed E-state index contributed by atoms with van der Waals surface area (Å²) in [6.07, 6.45) is -1.24. The van der Waals surface area contributed by atoms with Crippen LogP contribution in [-0.2, 0) is 19.6 Å². The highest BCUT2D eigenvalue weighted by atomic mass is 79.9. The molecule has 0 aliphatic carbocycles. The zero-order valence-corrected chi connectivity index (χ0v) is 17.6. The van der Waals surface area contributed by atoms with Gasteiger partial charge in [-0.3, -0.25) is 14.4 Å². The molecule has 2 aromatic carbocycles. The van der Waals surface area contributed by atoms with Crippen molar-refractivity contribution in [3.8, 4) is 0 Å². The predicted molar refractivity (Wildman–Crippen MR) is 108 cm³/mol. The first kappa shape index (κ1) is 21.1. The lowest BCUT2D eigenvalue weighted by Crippen LogP contribution is -2.33. The van der Waals surface area contributed by atoms with Gasteiger partial charge in [0, 0.05) is 11.4 Å². The first-order valence-corrected chi connectivity index (χ1v) is 10.7. The van der Waals surface area contributed by atoms with Crippen LogP contribution >= 0.6 is 15.9 Å². The fourth-order valence-electron chi connectivity index (χ4n) is 2.67. The molecule has 1 aliphatic rings. The SMILES string of the molecule is CC(=O)NC[C@H]1CN(c2ccc(NS(=O)(=O)c3ccc(Br)cc3)c(F)c2)C(=O)O1. The molecule has 0 saturated carbocycles. The van der Waals surface area contributed by atoms with Gasteiger partial charge in [-0.2, -0.15) is 0 Å². The van der Waals surface area contributed by atoms with Gasteiger partial charge in [0.05, 0.1) is 29.4 Å². The van der Waals surface area contributed by atoms with Crippen LogP contribution in [0.2, 0.25) is 0 Å². The number of carbonyl (C=O) groups is 2. The molecule has 1 atom stereocenters. The number of sulfonamides is 1. The van der Waals surface area contributed by atoms with Crippen LogP contribution in [0.3, 0.4) is 0 Å². The summed E-state index contributed by atoms with van der Waals surface area (Å²) in [5, 5.41) is 2.55. The predicted octanol–water partition coefficient (Wildman–Crippen LogP) is 2.85. The van der Waals surface area contributed by atoms with E-state index in [1.54, 1.807) is 12.1 Å². The summed E-state index contributed by atoms with van der Waals surface area (Å²) >= 11 is 3.22. The van der Waals surface area contributed by atoms with Crippen molar-refractivity contribution in [1.29, 1.82) is 0 Å². The number of nitrogens with zero attached hydrogens (tertiary/aromatic N) is 1. The highest BCUT2D eigenvalue weighted by Crippen LogP contribution is 2.27. The van der Waals surface area contributed by atoms with Crippen LogP contribution in [0.1, 0.15) is 6.92 Å². The van der Waals surface area contributed by atoms with Gasteiger partial charge in [-0.25, -0.2) is 17.6 Å². The highest BCUT2D eigenvalue weighted by Gasteiger charge is 2.32. The molecule has 154 valence electrons. The summed E-state index contributed by atoms with van der Waals surface area (Å²) in [6, 6.07) is 9.57. The number of hydrogen-bond donors (Lipinski definition) is 2. The van der Waals surface area contributed by atoms with Gasteiger partial charge in [-0.15, -0.1) is 0 Å². The van der Waals surface area contributed by atoms with E-state index >= 15 is 0 Å². The molecule has 29 heavy (non-hydrogen) atoms. The van der Waals surface area contributed by atoms with Gasteiger partial charge in [0.1, 0.15) is 11.9 Å². The minimum atomic E-state index is -3.98. The number of anilines is 2. The molecule has 1 heterocycles. The Morgan fingerprint density at radius 2 is 1.97 bits per heavy atom. The Labute approximate surface area is 175 Å². The Hall–Kier alpha value is -2.66. The molecule has 0 radical (unpaired) electrons. The maximum absolute atomic E-state index is 14.5. The topological polar surface area (TPSA) is 105 Å². The van der Waals surface area contributed by atoms with Gasteiger partial charge in [0.15, 0.2) is 0 Å². The second-order valence-electron chi connectivity index (χ2n) is 6.28. The van der Waals surface area contributed by atoms with Crippen molar-refractivity contribution < 1.29 is 27.1 Å². The summed E-state index contributed by atoms with van der Waals surface area (Å²) in [5.41, 5.74) is -0.0385. The largest absolute Gasteiger partial charge is 0.442 e. The third kappa shape index (κ3) is 5.04. The molecule has 2 N–H and O–H groups in total. The Morgan fingerprint density at radius 3 is 2.59 bits per heavy atom. The maximum Gasteiger partial charge on any atom is 0.414 e. The van der Waals surface area contributed by atoms with Crippen LogP contribution in [0.15, 0.2) is 51.8 Å². The zero-order chi connectivity index (χ0) is 21.2. The van der Waals surface area contributed by atoms with Crippen LogP contribution in [-0.4, -0.2) is 39.6 Å². The number of carbonyl (C=O) groups excluding carboxylic acids is 2. The monoisotopic (exact) mass is 485 g/mol. The second kappa shape index (κ2) is 8.37. The normalized spacial score (nSPS) is 16.4. The number of nitrogens with one attached hydrogen (secondary N) is 2. The fourth-order valence-corrected chi connectivity index (χ4v) is 4.00. The van der Waals surface area contributed by atoms with Gasteiger partial charge in [0.25, 0.3) is 10.0 Å². The van der Waals surface area contributed by atoms with E-state index in [1.165, 1.54) is 36.1 Å². The minimum absolute atomic E-state index is 0.0203. The standard InChI is InChI=1S/C18H17BrFN3O5S/c1-11(24)21-9-14-10-23(18(25)28-14)13-4-7-17(16(20)8-13)22-29(26,27)15-5-2-12(19)3-6-15/h2-8,14,22H,9-10H2,1H3,(H,21,24)/t14-/m0/s1. The maximum atomic E-state index is 14.5. The van der Waals surface area contributed by atoms with E-state index in [-0.39, 0.29) is 35.3 Å². The number of cyclic esters (lactones) is 1. The van der Waals surface area contributed by atoms with Crippen molar-refractivity contribution in [3.05, 3.63) is 52.8 Å². The number of halogens is 2. The Morgan fingerprint density at radius 1 is 1.28 bits per heavy atom. The van der Waals surface area contributed by atoms with E-state index in [0.29, 0.717) is 4.47 Å². The van der Waals surface area contributed by atoms with E-state index < -0.39 is 28.0 Å². The molecular weight excluding hydrogens is 469 g/mol. The first-order valence-electron chi connectivity index (χ1n) is 8.46. The van der Waals surface area contributed by atoms with Crippen molar-refractivity contribution in [2.24, 2.45) is 0 Å². The third-order valence-electron chi connectivity index (χ3n) is 4.09. The van der Waals surface area contributed by atoms with Crippen LogP contribution in [0.25, 0.3) is 0 Å². The van der Waals surface area contributed by atoms with Crippen molar-refractivity contribution in [1.82, 2.24) is 5.32 Å². The van der Waals surface area contributed by atoms with Crippen LogP contribution < -0.4 is 14.9 Å². The van der Waals surface area contributed by atoms with Crippen molar-refractivity contribution >= 4 is 49.3 Å². The number of ether oxygens (including phenoxy) is 1. The van der Waals surface area contributed by atoms with Crippen molar-refractivity contribution in [3.63, 3.8) is 0 Å². The summed E-state index contributed by atoms with van der Waals surface area (Å²) in [5.74, 6) is -1.10. The van der Waals surface area contributed by atoms with Crippen LogP contribution in [0.5, 0.6) is 0 Å². The van der Waals surface area contributed by atoms with E-state index in [1.807, 2.05) is 0 Å². The molecule has 1 saturated heterocycles. The van der Waals surface area contributed by atoms with Crippen molar-refractivity contribution in [2.75, 3.05) is 22.7 Å². The Balaban J connectivity index is 1.74. The molecule has 1 aliphatic heterocycles. The summed E-state index contributed by atoms with van der Waals surface area (Å²) in [7, 11) is -3.98. The summed E-state index contributed by atoms with van der Waals surface area (Å²) < 4.78 is 47.4. The van der Waals surface area contributed by atoms with Crippen LogP contribution in [0.4, 0.5) is 20.6 Å². The lowest BCUT2D eigenvalue weighted by atomic mass is 10.2. The smallest absolute Gasteiger partial charge is 0.414 e. The molecular formula is C18H17BrFN3O5S. The summed E-state index contributed by atoms with van der Waals surface area (Å²) in [6.45, 7) is 1.62. The average Bonchev–Trinajstić information content (AvgIpc) is 3.02. The second-order valence-corrected chi connectivity index (χ2v) is 8.88. The van der Waals surface area contributed by atoms with Gasteiger partial charge in [0.2, 0.25) is 5.91 Å². The highest BCUT2D eigenvalue weighted by molar-refractivity contribution is 9.10. The molecule has 11 heteroatoms. The molecule has 1 fully saturated rings. The van der Waals surface area contributed by atoms with Crippen LogP contribution in [0, 0.1) is 5.82 Å². The molecule has 0 aromatic heterocycles. The quantitative estimate of drug-likeness (QED) is 0.654. The minimum Gasteiger partial charge on any atom is -0.442 e. The average molecular weight is 486 g/mol. The van der Waals surface area contributed by atoms with E-state index in [2.05, 4.69) is 26.0 Å². The van der Waals surface area contributed by atoms with Gasteiger partial charge in [-0.1, -0.05) is 15.9 Å². The Bertz CT molecular complexity index is 1050. The molecule has 8 nitrogen and oxygen atoms in total. The van der Waals surface area contributed by atoms with Gasteiger partial charge < -0.3 is 10.1 Å². The summed E-state index contributed by atoms with van der Waals surface area (Å²) in [4.78, 5) is 24.2.